The summed E-state index contributed by atoms with van der Waals surface area (Å²) in [7, 11) is 0. The Bertz CT molecular complexity index is 487. The molecular weight excluding hydrogens is 280 g/mol. The SMILES string of the molecule is Cc1ccc(C2NC(C)C(=O)N2CC(C(C)C)C(C)C)s1. The maximum atomic E-state index is 12.5. The maximum Gasteiger partial charge on any atom is 0.241 e. The Labute approximate surface area is 132 Å². The number of rotatable bonds is 5. The van der Waals surface area contributed by atoms with Crippen molar-refractivity contribution in [3.63, 3.8) is 0 Å². The Hall–Kier alpha value is -0.870. The van der Waals surface area contributed by atoms with Crippen molar-refractivity contribution in [1.29, 1.82) is 0 Å². The highest BCUT2D eigenvalue weighted by molar-refractivity contribution is 7.12. The first-order chi connectivity index (χ1) is 9.81. The number of carbonyl (C=O) groups is 1. The zero-order valence-electron chi connectivity index (χ0n) is 14.0. The van der Waals surface area contributed by atoms with Crippen LogP contribution in [0.1, 0.15) is 50.5 Å². The molecule has 2 unspecified atom stereocenters. The molecule has 0 spiro atoms. The van der Waals surface area contributed by atoms with Crippen molar-refractivity contribution >= 4 is 17.2 Å². The number of hydrogen-bond donors (Lipinski definition) is 1. The van der Waals surface area contributed by atoms with Crippen LogP contribution in [0.5, 0.6) is 0 Å². The number of aryl methyl sites for hydroxylation is 1. The molecule has 1 aliphatic heterocycles. The topological polar surface area (TPSA) is 32.3 Å². The van der Waals surface area contributed by atoms with Crippen molar-refractivity contribution in [2.45, 2.75) is 53.8 Å². The molecule has 3 nitrogen and oxygen atoms in total. The van der Waals surface area contributed by atoms with Gasteiger partial charge in [0, 0.05) is 16.3 Å². The smallest absolute Gasteiger partial charge is 0.241 e. The molecule has 1 N–H and O–H groups in total. The molecule has 2 heterocycles. The van der Waals surface area contributed by atoms with E-state index in [-0.39, 0.29) is 18.1 Å². The van der Waals surface area contributed by atoms with E-state index in [9.17, 15) is 4.79 Å². The van der Waals surface area contributed by atoms with E-state index in [0.717, 1.165) is 6.54 Å². The van der Waals surface area contributed by atoms with E-state index in [1.165, 1.54) is 9.75 Å². The van der Waals surface area contributed by atoms with E-state index < -0.39 is 0 Å². The van der Waals surface area contributed by atoms with Gasteiger partial charge in [-0.15, -0.1) is 11.3 Å². The molecule has 1 amide bonds. The third-order valence-electron chi connectivity index (χ3n) is 4.52. The van der Waals surface area contributed by atoms with Gasteiger partial charge in [-0.3, -0.25) is 10.1 Å². The van der Waals surface area contributed by atoms with Crippen LogP contribution in [0, 0.1) is 24.7 Å². The molecule has 118 valence electrons. The number of hydrogen-bond acceptors (Lipinski definition) is 3. The predicted octanol–water partition coefficient (Wildman–Crippen LogP) is 3.80. The number of amides is 1. The fourth-order valence-corrected chi connectivity index (χ4v) is 4.17. The van der Waals surface area contributed by atoms with Crippen LogP contribution in [0.4, 0.5) is 0 Å². The van der Waals surface area contributed by atoms with Crippen LogP contribution in [-0.2, 0) is 4.79 Å². The summed E-state index contributed by atoms with van der Waals surface area (Å²) in [6.45, 7) is 13.9. The third-order valence-corrected chi connectivity index (χ3v) is 5.58. The molecule has 2 atom stereocenters. The normalized spacial score (nSPS) is 23.1. The first-order valence-corrected chi connectivity index (χ1v) is 8.75. The van der Waals surface area contributed by atoms with Gasteiger partial charge in [-0.2, -0.15) is 0 Å². The zero-order chi connectivity index (χ0) is 15.7. The average Bonchev–Trinajstić information content (AvgIpc) is 2.92. The molecule has 0 aromatic carbocycles. The predicted molar refractivity (Wildman–Crippen MR) is 89.3 cm³/mol. The number of thiophene rings is 1. The Morgan fingerprint density at radius 1 is 1.24 bits per heavy atom. The first-order valence-electron chi connectivity index (χ1n) is 7.94. The average molecular weight is 308 g/mol. The van der Waals surface area contributed by atoms with Gasteiger partial charge in [-0.25, -0.2) is 0 Å². The Kier molecular flexibility index (Phi) is 5.10. The molecule has 4 heteroatoms. The molecule has 1 saturated heterocycles. The van der Waals surface area contributed by atoms with E-state index in [0.29, 0.717) is 17.8 Å². The second-order valence-electron chi connectivity index (χ2n) is 6.88. The van der Waals surface area contributed by atoms with Crippen molar-refractivity contribution in [2.24, 2.45) is 17.8 Å². The summed E-state index contributed by atoms with van der Waals surface area (Å²) in [5, 5.41) is 3.45. The lowest BCUT2D eigenvalue weighted by atomic mass is 9.85. The van der Waals surface area contributed by atoms with Gasteiger partial charge in [-0.1, -0.05) is 27.7 Å². The lowest BCUT2D eigenvalue weighted by Gasteiger charge is -2.32. The van der Waals surface area contributed by atoms with Crippen LogP contribution in [0.2, 0.25) is 0 Å². The molecule has 1 aromatic heterocycles. The molecule has 1 fully saturated rings. The van der Waals surface area contributed by atoms with Gasteiger partial charge in [0.05, 0.1) is 6.04 Å². The highest BCUT2D eigenvalue weighted by Gasteiger charge is 2.39. The highest BCUT2D eigenvalue weighted by Crippen LogP contribution is 2.33. The van der Waals surface area contributed by atoms with E-state index in [2.05, 4.69) is 57.0 Å². The quantitative estimate of drug-likeness (QED) is 0.897. The molecular formula is C17H28N2OS. The van der Waals surface area contributed by atoms with Gasteiger partial charge in [0.1, 0.15) is 6.17 Å². The largest absolute Gasteiger partial charge is 0.320 e. The molecule has 0 saturated carbocycles. The fraction of sp³-hybridized carbons (Fsp3) is 0.706. The molecule has 1 aromatic rings. The number of carbonyl (C=O) groups excluding carboxylic acids is 1. The van der Waals surface area contributed by atoms with Gasteiger partial charge in [0.15, 0.2) is 0 Å². The Morgan fingerprint density at radius 2 is 1.86 bits per heavy atom. The minimum absolute atomic E-state index is 0.0474. The third kappa shape index (κ3) is 3.49. The standard InChI is InChI=1S/C17H28N2OS/c1-10(2)14(11(3)4)9-19-16(18-13(6)17(19)20)15-8-7-12(5)21-15/h7-8,10-11,13-14,16,18H,9H2,1-6H3. The van der Waals surface area contributed by atoms with Crippen LogP contribution in [0.15, 0.2) is 12.1 Å². The molecule has 21 heavy (non-hydrogen) atoms. The Morgan fingerprint density at radius 3 is 2.33 bits per heavy atom. The first kappa shape index (κ1) is 16.5. The summed E-state index contributed by atoms with van der Waals surface area (Å²) < 4.78 is 0. The van der Waals surface area contributed by atoms with Crippen LogP contribution in [0.25, 0.3) is 0 Å². The Balaban J connectivity index is 2.22. The van der Waals surface area contributed by atoms with Crippen molar-refractivity contribution in [3.05, 3.63) is 21.9 Å². The molecule has 2 rings (SSSR count). The van der Waals surface area contributed by atoms with Crippen molar-refractivity contribution in [1.82, 2.24) is 10.2 Å². The van der Waals surface area contributed by atoms with Crippen molar-refractivity contribution in [3.8, 4) is 0 Å². The van der Waals surface area contributed by atoms with E-state index in [1.54, 1.807) is 11.3 Å². The van der Waals surface area contributed by atoms with E-state index in [4.69, 9.17) is 0 Å². The van der Waals surface area contributed by atoms with Gasteiger partial charge in [-0.05, 0) is 43.7 Å². The summed E-state index contributed by atoms with van der Waals surface area (Å²) in [5.74, 6) is 1.93. The van der Waals surface area contributed by atoms with Crippen molar-refractivity contribution in [2.75, 3.05) is 6.54 Å². The molecule has 0 aliphatic carbocycles. The highest BCUT2D eigenvalue weighted by atomic mass is 32.1. The summed E-state index contributed by atoms with van der Waals surface area (Å²) in [4.78, 5) is 17.1. The van der Waals surface area contributed by atoms with Crippen LogP contribution in [0.3, 0.4) is 0 Å². The second kappa shape index (κ2) is 6.49. The molecule has 0 bridgehead atoms. The van der Waals surface area contributed by atoms with Gasteiger partial charge < -0.3 is 4.90 Å². The van der Waals surface area contributed by atoms with Gasteiger partial charge in [0.25, 0.3) is 0 Å². The second-order valence-corrected chi connectivity index (χ2v) is 8.20. The van der Waals surface area contributed by atoms with Gasteiger partial charge >= 0.3 is 0 Å². The van der Waals surface area contributed by atoms with Gasteiger partial charge in [0.2, 0.25) is 5.91 Å². The minimum atomic E-state index is -0.0858. The van der Waals surface area contributed by atoms with E-state index in [1.807, 2.05) is 6.92 Å². The molecule has 0 radical (unpaired) electrons. The minimum Gasteiger partial charge on any atom is -0.320 e. The van der Waals surface area contributed by atoms with Crippen molar-refractivity contribution < 1.29 is 4.79 Å². The molecule has 1 aliphatic rings. The van der Waals surface area contributed by atoms with Crippen LogP contribution < -0.4 is 5.32 Å². The maximum absolute atomic E-state index is 12.5. The van der Waals surface area contributed by atoms with E-state index >= 15 is 0 Å². The summed E-state index contributed by atoms with van der Waals surface area (Å²) in [6, 6.07) is 4.20. The monoisotopic (exact) mass is 308 g/mol. The fourth-order valence-electron chi connectivity index (χ4n) is 3.22. The summed E-state index contributed by atoms with van der Waals surface area (Å²) >= 11 is 1.78. The number of nitrogens with one attached hydrogen (secondary N) is 1. The van der Waals surface area contributed by atoms with Crippen LogP contribution >= 0.6 is 11.3 Å². The zero-order valence-corrected chi connectivity index (χ0v) is 14.8. The lowest BCUT2D eigenvalue weighted by molar-refractivity contribution is -0.130. The lowest BCUT2D eigenvalue weighted by Crippen LogP contribution is -2.38. The summed E-state index contributed by atoms with van der Waals surface area (Å²) in [5.41, 5.74) is 0. The number of nitrogens with zero attached hydrogens (tertiary/aromatic N) is 1. The van der Waals surface area contributed by atoms with Crippen LogP contribution in [-0.4, -0.2) is 23.4 Å². The summed E-state index contributed by atoms with van der Waals surface area (Å²) in [6.07, 6.45) is 0.0474.